The number of carbonyl (C=O) groups excluding carboxylic acids is 1. The van der Waals surface area contributed by atoms with Crippen molar-refractivity contribution in [2.24, 2.45) is 7.05 Å². The van der Waals surface area contributed by atoms with Gasteiger partial charge < -0.3 is 24.3 Å². The van der Waals surface area contributed by atoms with E-state index in [1.807, 2.05) is 29.9 Å². The van der Waals surface area contributed by atoms with Crippen LogP contribution in [0.25, 0.3) is 0 Å². The molecular formula is C14H25N3O3. The number of aromatic nitrogens is 1. The van der Waals surface area contributed by atoms with Crippen molar-refractivity contribution in [2.75, 3.05) is 47.1 Å². The van der Waals surface area contributed by atoms with Crippen molar-refractivity contribution in [1.82, 2.24) is 14.8 Å². The van der Waals surface area contributed by atoms with Crippen LogP contribution in [0.5, 0.6) is 0 Å². The Labute approximate surface area is 120 Å². The van der Waals surface area contributed by atoms with E-state index in [4.69, 9.17) is 9.47 Å². The Hall–Kier alpha value is -1.37. The smallest absolute Gasteiger partial charge is 0.236 e. The van der Waals surface area contributed by atoms with E-state index in [1.54, 1.807) is 19.1 Å². The molecule has 0 unspecified atom stereocenters. The molecule has 1 heterocycles. The summed E-state index contributed by atoms with van der Waals surface area (Å²) >= 11 is 0. The van der Waals surface area contributed by atoms with E-state index in [1.165, 1.54) is 0 Å². The number of aryl methyl sites for hydroxylation is 1. The van der Waals surface area contributed by atoms with Gasteiger partial charge in [0.1, 0.15) is 0 Å². The first-order chi connectivity index (χ1) is 9.69. The Morgan fingerprint density at radius 3 is 2.70 bits per heavy atom. The quantitative estimate of drug-likeness (QED) is 0.625. The van der Waals surface area contributed by atoms with E-state index >= 15 is 0 Å². The van der Waals surface area contributed by atoms with E-state index in [2.05, 4.69) is 5.32 Å². The van der Waals surface area contributed by atoms with Crippen LogP contribution in [0.1, 0.15) is 5.69 Å². The van der Waals surface area contributed by atoms with Gasteiger partial charge in [-0.05, 0) is 12.1 Å². The fourth-order valence-corrected chi connectivity index (χ4v) is 1.83. The van der Waals surface area contributed by atoms with Crippen LogP contribution in [0.3, 0.4) is 0 Å². The Kier molecular flexibility index (Phi) is 7.94. The number of hydrogen-bond donors (Lipinski definition) is 1. The van der Waals surface area contributed by atoms with Crippen LogP contribution in [0.2, 0.25) is 0 Å². The van der Waals surface area contributed by atoms with E-state index in [9.17, 15) is 4.79 Å². The molecule has 0 saturated carbocycles. The third kappa shape index (κ3) is 5.73. The van der Waals surface area contributed by atoms with Gasteiger partial charge in [0.2, 0.25) is 5.91 Å². The molecule has 1 aromatic heterocycles. The second kappa shape index (κ2) is 9.52. The van der Waals surface area contributed by atoms with Crippen LogP contribution in [0.4, 0.5) is 0 Å². The molecule has 0 atom stereocenters. The van der Waals surface area contributed by atoms with Crippen molar-refractivity contribution >= 4 is 5.91 Å². The molecule has 0 fully saturated rings. The molecule has 0 aromatic carbocycles. The van der Waals surface area contributed by atoms with Crippen molar-refractivity contribution < 1.29 is 14.3 Å². The molecule has 0 radical (unpaired) electrons. The summed E-state index contributed by atoms with van der Waals surface area (Å²) in [6.45, 7) is 3.31. The molecular weight excluding hydrogens is 258 g/mol. The van der Waals surface area contributed by atoms with Crippen LogP contribution in [-0.2, 0) is 27.9 Å². The summed E-state index contributed by atoms with van der Waals surface area (Å²) in [5.74, 6) is 0.0688. The number of hydrogen-bond acceptors (Lipinski definition) is 4. The summed E-state index contributed by atoms with van der Waals surface area (Å²) in [4.78, 5) is 14.0. The molecule has 1 aromatic rings. The monoisotopic (exact) mass is 283 g/mol. The molecule has 0 spiro atoms. The third-order valence-corrected chi connectivity index (χ3v) is 3.08. The predicted octanol–water partition coefficient (Wildman–Crippen LogP) is 0.236. The molecule has 6 nitrogen and oxygen atoms in total. The lowest BCUT2D eigenvalue weighted by Crippen LogP contribution is -2.40. The van der Waals surface area contributed by atoms with E-state index in [0.717, 1.165) is 5.69 Å². The van der Waals surface area contributed by atoms with Crippen LogP contribution in [0.15, 0.2) is 18.3 Å². The molecule has 114 valence electrons. The average Bonchev–Trinajstić information content (AvgIpc) is 2.84. The van der Waals surface area contributed by atoms with Gasteiger partial charge in [-0.3, -0.25) is 4.79 Å². The normalized spacial score (nSPS) is 10.8. The zero-order chi connectivity index (χ0) is 14.8. The third-order valence-electron chi connectivity index (χ3n) is 3.08. The van der Waals surface area contributed by atoms with Crippen LogP contribution in [0, 0.1) is 0 Å². The van der Waals surface area contributed by atoms with Crippen LogP contribution in [-0.4, -0.2) is 62.4 Å². The van der Waals surface area contributed by atoms with E-state index in [-0.39, 0.29) is 5.91 Å². The summed E-state index contributed by atoms with van der Waals surface area (Å²) in [6.07, 6.45) is 1.98. The Balaban J connectivity index is 2.50. The molecule has 0 aliphatic heterocycles. The molecule has 20 heavy (non-hydrogen) atoms. The van der Waals surface area contributed by atoms with Crippen molar-refractivity contribution in [3.8, 4) is 0 Å². The average molecular weight is 283 g/mol. The summed E-state index contributed by atoms with van der Waals surface area (Å²) in [6, 6.07) is 4.00. The highest BCUT2D eigenvalue weighted by molar-refractivity contribution is 5.78. The van der Waals surface area contributed by atoms with Gasteiger partial charge in [-0.15, -0.1) is 0 Å². The SMILES string of the molecule is COCCNCC(=O)N(CCOC)Cc1cccn1C. The maximum atomic E-state index is 12.2. The van der Waals surface area contributed by atoms with Gasteiger partial charge in [-0.25, -0.2) is 0 Å². The Morgan fingerprint density at radius 2 is 2.10 bits per heavy atom. The van der Waals surface area contributed by atoms with Crippen molar-refractivity contribution in [3.63, 3.8) is 0 Å². The molecule has 1 N–H and O–H groups in total. The first-order valence-electron chi connectivity index (χ1n) is 6.75. The lowest BCUT2D eigenvalue weighted by molar-refractivity contribution is -0.131. The van der Waals surface area contributed by atoms with Crippen molar-refractivity contribution in [2.45, 2.75) is 6.54 Å². The molecule has 0 saturated heterocycles. The lowest BCUT2D eigenvalue weighted by Gasteiger charge is -2.23. The second-order valence-electron chi connectivity index (χ2n) is 4.59. The summed E-state index contributed by atoms with van der Waals surface area (Å²) in [7, 11) is 5.26. The van der Waals surface area contributed by atoms with Gasteiger partial charge in [0, 0.05) is 46.2 Å². The fourth-order valence-electron chi connectivity index (χ4n) is 1.83. The van der Waals surface area contributed by atoms with E-state index in [0.29, 0.717) is 39.4 Å². The van der Waals surface area contributed by atoms with Gasteiger partial charge in [0.25, 0.3) is 0 Å². The number of methoxy groups -OCH3 is 2. The van der Waals surface area contributed by atoms with Gasteiger partial charge in [-0.1, -0.05) is 0 Å². The molecule has 0 bridgehead atoms. The maximum Gasteiger partial charge on any atom is 0.236 e. The van der Waals surface area contributed by atoms with Crippen molar-refractivity contribution in [3.05, 3.63) is 24.0 Å². The summed E-state index contributed by atoms with van der Waals surface area (Å²) in [5, 5.41) is 3.07. The minimum absolute atomic E-state index is 0.0688. The molecule has 0 aliphatic rings. The predicted molar refractivity (Wildman–Crippen MR) is 77.5 cm³/mol. The minimum Gasteiger partial charge on any atom is -0.383 e. The van der Waals surface area contributed by atoms with Crippen LogP contribution >= 0.6 is 0 Å². The number of rotatable bonds is 10. The molecule has 0 aliphatic carbocycles. The maximum absolute atomic E-state index is 12.2. The van der Waals surface area contributed by atoms with Crippen molar-refractivity contribution in [1.29, 1.82) is 0 Å². The number of nitrogens with zero attached hydrogens (tertiary/aromatic N) is 2. The summed E-state index contributed by atoms with van der Waals surface area (Å²) in [5.41, 5.74) is 1.10. The highest BCUT2D eigenvalue weighted by Crippen LogP contribution is 2.05. The van der Waals surface area contributed by atoms with E-state index < -0.39 is 0 Å². The summed E-state index contributed by atoms with van der Waals surface area (Å²) < 4.78 is 12.0. The molecule has 1 amide bonds. The topological polar surface area (TPSA) is 55.7 Å². The first-order valence-corrected chi connectivity index (χ1v) is 6.75. The first kappa shape index (κ1) is 16.7. The zero-order valence-electron chi connectivity index (χ0n) is 12.6. The Bertz CT molecular complexity index is 393. The largest absolute Gasteiger partial charge is 0.383 e. The van der Waals surface area contributed by atoms with Gasteiger partial charge in [-0.2, -0.15) is 0 Å². The lowest BCUT2D eigenvalue weighted by atomic mass is 10.3. The fraction of sp³-hybridized carbons (Fsp3) is 0.643. The number of amides is 1. The second-order valence-corrected chi connectivity index (χ2v) is 4.59. The Morgan fingerprint density at radius 1 is 1.35 bits per heavy atom. The number of nitrogens with one attached hydrogen (secondary N) is 1. The molecule has 6 heteroatoms. The number of carbonyl (C=O) groups is 1. The standard InChI is InChI=1S/C14H25N3O3/c1-16-7-4-5-13(16)12-17(8-10-20-3)14(18)11-15-6-9-19-2/h4-5,7,15H,6,8-12H2,1-3H3. The highest BCUT2D eigenvalue weighted by Gasteiger charge is 2.14. The zero-order valence-corrected chi connectivity index (χ0v) is 12.6. The number of ether oxygens (including phenoxy) is 2. The minimum atomic E-state index is 0.0688. The van der Waals surface area contributed by atoms with Gasteiger partial charge in [0.15, 0.2) is 0 Å². The highest BCUT2D eigenvalue weighted by atomic mass is 16.5. The molecule has 1 rings (SSSR count). The van der Waals surface area contributed by atoms with Gasteiger partial charge >= 0.3 is 0 Å². The van der Waals surface area contributed by atoms with Crippen LogP contribution < -0.4 is 5.32 Å². The van der Waals surface area contributed by atoms with Gasteiger partial charge in [0.05, 0.1) is 26.3 Å².